The van der Waals surface area contributed by atoms with Gasteiger partial charge < -0.3 is 14.4 Å². The lowest BCUT2D eigenvalue weighted by atomic mass is 9.97. The van der Waals surface area contributed by atoms with Gasteiger partial charge in [-0.25, -0.2) is 0 Å². The van der Waals surface area contributed by atoms with Gasteiger partial charge in [-0.3, -0.25) is 0 Å². The van der Waals surface area contributed by atoms with Crippen molar-refractivity contribution in [3.05, 3.63) is 36.0 Å². The van der Waals surface area contributed by atoms with Gasteiger partial charge in [0.15, 0.2) is 0 Å². The summed E-state index contributed by atoms with van der Waals surface area (Å²) in [7, 11) is 2.16. The number of aryl methyl sites for hydroxylation is 1. The first-order valence-electron chi connectivity index (χ1n) is 12.2. The average molecular weight is 497 g/mol. The van der Waals surface area contributed by atoms with Crippen LogP contribution >= 0.6 is 24.8 Å². The minimum Gasteiger partial charge on any atom is -0.490 e. The van der Waals surface area contributed by atoms with Crippen LogP contribution in [-0.2, 0) is 6.42 Å². The third-order valence-corrected chi connectivity index (χ3v) is 6.59. The minimum atomic E-state index is 0. The summed E-state index contributed by atoms with van der Waals surface area (Å²) < 4.78 is 12.4. The summed E-state index contributed by atoms with van der Waals surface area (Å²) in [5, 5.41) is 8.99. The highest BCUT2D eigenvalue weighted by Crippen LogP contribution is 2.30. The highest BCUT2D eigenvalue weighted by atomic mass is 35.5. The summed E-state index contributed by atoms with van der Waals surface area (Å²) in [6.45, 7) is 4.35. The van der Waals surface area contributed by atoms with Crippen LogP contribution in [-0.4, -0.2) is 47.4 Å². The topological polar surface area (TPSA) is 47.5 Å². The number of rotatable bonds is 8. The number of halogens is 2. The van der Waals surface area contributed by atoms with E-state index in [1.165, 1.54) is 32.1 Å². The summed E-state index contributed by atoms with van der Waals surface area (Å²) in [5.74, 6) is 1.61. The van der Waals surface area contributed by atoms with Crippen LogP contribution in [0.2, 0.25) is 0 Å². The quantitative estimate of drug-likeness (QED) is 0.417. The van der Waals surface area contributed by atoms with Gasteiger partial charge in [0.2, 0.25) is 5.88 Å². The van der Waals surface area contributed by atoms with E-state index in [0.29, 0.717) is 12.0 Å². The number of piperidine rings is 1. The molecule has 0 N–H and O–H groups in total. The Morgan fingerprint density at radius 1 is 0.879 bits per heavy atom. The molecule has 33 heavy (non-hydrogen) atoms. The van der Waals surface area contributed by atoms with Crippen molar-refractivity contribution in [1.29, 1.82) is 0 Å². The molecule has 2 fully saturated rings. The number of ether oxygens (including phenoxy) is 2. The van der Waals surface area contributed by atoms with Crippen molar-refractivity contribution in [1.82, 2.24) is 15.1 Å². The lowest BCUT2D eigenvalue weighted by Gasteiger charge is -2.28. The van der Waals surface area contributed by atoms with E-state index < -0.39 is 0 Å². The number of nitrogens with zero attached hydrogens (tertiary/aromatic N) is 3. The molecule has 7 heteroatoms. The fourth-order valence-corrected chi connectivity index (χ4v) is 4.60. The highest BCUT2D eigenvalue weighted by molar-refractivity contribution is 5.85. The average Bonchev–Trinajstić information content (AvgIpc) is 2.81. The molecule has 4 rings (SSSR count). The van der Waals surface area contributed by atoms with Crippen LogP contribution in [0.25, 0.3) is 11.1 Å². The second kappa shape index (κ2) is 14.0. The van der Waals surface area contributed by atoms with Gasteiger partial charge in [-0.15, -0.1) is 29.9 Å². The van der Waals surface area contributed by atoms with Crippen LogP contribution in [0.1, 0.15) is 70.4 Å². The van der Waals surface area contributed by atoms with E-state index in [4.69, 9.17) is 9.47 Å². The number of benzene rings is 1. The summed E-state index contributed by atoms with van der Waals surface area (Å²) in [5.41, 5.74) is 3.35. The van der Waals surface area contributed by atoms with Gasteiger partial charge in [0.1, 0.15) is 11.9 Å². The largest absolute Gasteiger partial charge is 0.490 e. The summed E-state index contributed by atoms with van der Waals surface area (Å²) in [6, 6.07) is 10.6. The van der Waals surface area contributed by atoms with Gasteiger partial charge in [0.25, 0.3) is 0 Å². The highest BCUT2D eigenvalue weighted by Gasteiger charge is 2.20. The van der Waals surface area contributed by atoms with Crippen molar-refractivity contribution < 1.29 is 9.47 Å². The van der Waals surface area contributed by atoms with Crippen LogP contribution in [0.3, 0.4) is 0 Å². The maximum Gasteiger partial charge on any atom is 0.234 e. The first kappa shape index (κ1) is 27.7. The van der Waals surface area contributed by atoms with E-state index in [1.807, 2.05) is 0 Å². The second-order valence-electron chi connectivity index (χ2n) is 9.17. The number of hydrogen-bond donors (Lipinski definition) is 0. The molecule has 0 radical (unpaired) electrons. The van der Waals surface area contributed by atoms with E-state index in [-0.39, 0.29) is 30.9 Å². The summed E-state index contributed by atoms with van der Waals surface area (Å²) in [6.07, 6.45) is 12.1. The van der Waals surface area contributed by atoms with Crippen molar-refractivity contribution in [2.45, 2.75) is 83.3 Å². The smallest absolute Gasteiger partial charge is 0.234 e. The molecule has 1 aromatic carbocycles. The van der Waals surface area contributed by atoms with Crippen LogP contribution in [0.4, 0.5) is 0 Å². The first-order valence-corrected chi connectivity index (χ1v) is 12.2. The normalized spacial score (nSPS) is 17.6. The van der Waals surface area contributed by atoms with Crippen molar-refractivity contribution in [2.24, 2.45) is 0 Å². The zero-order valence-electron chi connectivity index (χ0n) is 20.0. The molecule has 1 saturated heterocycles. The molecule has 2 aliphatic rings. The SMILES string of the molecule is CCCCc1nnc(OC2CCN(C)CC2)cc1-c1ccc(OC2CCCCC2)cc1.Cl.Cl. The molecule has 2 heterocycles. The monoisotopic (exact) mass is 495 g/mol. The Morgan fingerprint density at radius 2 is 1.55 bits per heavy atom. The predicted octanol–water partition coefficient (Wildman–Crippen LogP) is 6.51. The summed E-state index contributed by atoms with van der Waals surface area (Å²) >= 11 is 0. The number of aromatic nitrogens is 2. The fraction of sp³-hybridized carbons (Fsp3) is 0.615. The molecule has 5 nitrogen and oxygen atoms in total. The molecular weight excluding hydrogens is 457 g/mol. The Balaban J connectivity index is 0.00000193. The van der Waals surface area contributed by atoms with Gasteiger partial charge in [-0.1, -0.05) is 31.9 Å². The van der Waals surface area contributed by atoms with Crippen LogP contribution in [0.15, 0.2) is 30.3 Å². The van der Waals surface area contributed by atoms with E-state index in [9.17, 15) is 0 Å². The third kappa shape index (κ3) is 8.01. The Morgan fingerprint density at radius 3 is 2.21 bits per heavy atom. The standard InChI is InChI=1S/C26H37N3O2.2ClH/c1-3-4-10-25-24(19-26(28-27-25)31-23-15-17-29(2)18-16-23)20-11-13-22(14-12-20)30-21-8-6-5-7-9-21;;/h11-14,19,21,23H,3-10,15-18H2,1-2H3;2*1H. The molecule has 0 spiro atoms. The minimum absolute atomic E-state index is 0. The van der Waals surface area contributed by atoms with E-state index >= 15 is 0 Å². The molecule has 0 unspecified atom stereocenters. The van der Waals surface area contributed by atoms with Crippen molar-refractivity contribution in [2.75, 3.05) is 20.1 Å². The van der Waals surface area contributed by atoms with Crippen molar-refractivity contribution in [3.63, 3.8) is 0 Å². The summed E-state index contributed by atoms with van der Waals surface area (Å²) in [4.78, 5) is 2.35. The molecule has 0 bridgehead atoms. The molecule has 0 atom stereocenters. The maximum absolute atomic E-state index is 6.22. The lowest BCUT2D eigenvalue weighted by molar-refractivity contribution is 0.109. The molecule has 1 aliphatic carbocycles. The Bertz CT molecular complexity index is 821. The Hall–Kier alpha value is -1.56. The van der Waals surface area contributed by atoms with Gasteiger partial charge in [-0.2, -0.15) is 5.10 Å². The van der Waals surface area contributed by atoms with Gasteiger partial charge >= 0.3 is 0 Å². The fourth-order valence-electron chi connectivity index (χ4n) is 4.60. The number of unbranched alkanes of at least 4 members (excludes halogenated alkanes) is 1. The maximum atomic E-state index is 6.22. The van der Waals surface area contributed by atoms with E-state index in [0.717, 1.165) is 67.8 Å². The molecule has 0 amide bonds. The molecule has 1 aromatic heterocycles. The zero-order valence-corrected chi connectivity index (χ0v) is 21.6. The Kier molecular flexibility index (Phi) is 11.7. The Labute approximate surface area is 211 Å². The van der Waals surface area contributed by atoms with Crippen LogP contribution in [0, 0.1) is 0 Å². The van der Waals surface area contributed by atoms with Gasteiger partial charge in [0.05, 0.1) is 11.8 Å². The van der Waals surface area contributed by atoms with Crippen molar-refractivity contribution >= 4 is 24.8 Å². The van der Waals surface area contributed by atoms with Gasteiger partial charge in [0, 0.05) is 24.7 Å². The first-order chi connectivity index (χ1) is 15.2. The third-order valence-electron chi connectivity index (χ3n) is 6.59. The molecule has 184 valence electrons. The van der Waals surface area contributed by atoms with E-state index in [1.54, 1.807) is 0 Å². The van der Waals surface area contributed by atoms with Crippen molar-refractivity contribution in [3.8, 4) is 22.8 Å². The lowest BCUT2D eigenvalue weighted by Crippen LogP contribution is -2.35. The van der Waals surface area contributed by atoms with Crippen LogP contribution < -0.4 is 9.47 Å². The second-order valence-corrected chi connectivity index (χ2v) is 9.17. The molecular formula is C26H39Cl2N3O2. The molecule has 2 aromatic rings. The van der Waals surface area contributed by atoms with E-state index in [2.05, 4.69) is 59.4 Å². The predicted molar refractivity (Wildman–Crippen MR) is 139 cm³/mol. The van der Waals surface area contributed by atoms with Crippen LogP contribution in [0.5, 0.6) is 11.6 Å². The number of likely N-dealkylation sites (tertiary alicyclic amines) is 1. The zero-order chi connectivity index (χ0) is 21.5. The number of hydrogen-bond acceptors (Lipinski definition) is 5. The molecule has 1 saturated carbocycles. The van der Waals surface area contributed by atoms with Gasteiger partial charge in [-0.05, 0) is 76.1 Å². The molecule has 1 aliphatic heterocycles.